The summed E-state index contributed by atoms with van der Waals surface area (Å²) in [4.78, 5) is 4.11. The lowest BCUT2D eigenvalue weighted by Crippen LogP contribution is -2.13. The minimum Gasteiger partial charge on any atom is -0.337 e. The molecule has 2 rings (SSSR count). The van der Waals surface area contributed by atoms with Gasteiger partial charge in [0.2, 0.25) is 0 Å². The van der Waals surface area contributed by atoms with Crippen LogP contribution in [0.15, 0.2) is 31.0 Å². The normalized spacial score (nSPS) is 12.7. The van der Waals surface area contributed by atoms with Crippen LogP contribution in [-0.2, 0) is 13.0 Å². The highest BCUT2D eigenvalue weighted by Gasteiger charge is 2.11. The van der Waals surface area contributed by atoms with E-state index < -0.39 is 0 Å². The summed E-state index contributed by atoms with van der Waals surface area (Å²) in [5, 5.41) is 7.09. The highest BCUT2D eigenvalue weighted by atomic mass is 15.1. The minimum absolute atomic E-state index is 0.659. The molecule has 1 atom stereocenters. The fourth-order valence-corrected chi connectivity index (χ4v) is 2.34. The Morgan fingerprint density at radius 1 is 1.33 bits per heavy atom. The second-order valence-corrected chi connectivity index (χ2v) is 4.91. The number of nitrogens with zero attached hydrogens (tertiary/aromatic N) is 3. The van der Waals surface area contributed by atoms with Crippen LogP contribution in [0.25, 0.3) is 0 Å². The molecule has 0 aliphatic rings. The molecule has 0 aromatic carbocycles. The van der Waals surface area contributed by atoms with E-state index in [0.29, 0.717) is 5.92 Å². The van der Waals surface area contributed by atoms with Crippen LogP contribution < -0.4 is 0 Å². The summed E-state index contributed by atoms with van der Waals surface area (Å²) in [6.07, 6.45) is 13.9. The highest BCUT2D eigenvalue weighted by Crippen LogP contribution is 2.17. The van der Waals surface area contributed by atoms with Crippen LogP contribution in [0.4, 0.5) is 0 Å². The molecule has 4 heteroatoms. The average molecular weight is 246 g/mol. The Morgan fingerprint density at radius 2 is 2.28 bits per heavy atom. The predicted octanol–water partition coefficient (Wildman–Crippen LogP) is 3.05. The summed E-state index contributed by atoms with van der Waals surface area (Å²) >= 11 is 0. The smallest absolute Gasteiger partial charge is 0.0945 e. The Hall–Kier alpha value is -1.58. The summed E-state index contributed by atoms with van der Waals surface area (Å²) in [6, 6.07) is 2.07. The molecule has 0 aliphatic carbocycles. The van der Waals surface area contributed by atoms with Crippen LogP contribution in [0.5, 0.6) is 0 Å². The second kappa shape index (κ2) is 6.99. The monoisotopic (exact) mass is 246 g/mol. The molecule has 18 heavy (non-hydrogen) atoms. The fraction of sp³-hybridized carbons (Fsp3) is 0.571. The van der Waals surface area contributed by atoms with Gasteiger partial charge >= 0.3 is 0 Å². The van der Waals surface area contributed by atoms with E-state index in [4.69, 9.17) is 0 Å². The SMILES string of the molecule is CCCCCC(Cc1ccn[nH]1)Cn1ccnc1. The number of hydrogen-bond acceptors (Lipinski definition) is 2. The van der Waals surface area contributed by atoms with Gasteiger partial charge in [-0.2, -0.15) is 5.10 Å². The first kappa shape index (κ1) is 12.9. The molecule has 2 heterocycles. The molecule has 0 bridgehead atoms. The lowest BCUT2D eigenvalue weighted by Gasteiger charge is -2.16. The van der Waals surface area contributed by atoms with E-state index in [-0.39, 0.29) is 0 Å². The third-order valence-electron chi connectivity index (χ3n) is 3.31. The Balaban J connectivity index is 1.89. The number of nitrogens with one attached hydrogen (secondary N) is 1. The summed E-state index contributed by atoms with van der Waals surface area (Å²) in [5.74, 6) is 0.659. The first-order chi connectivity index (χ1) is 8.88. The van der Waals surface area contributed by atoms with Crippen molar-refractivity contribution < 1.29 is 0 Å². The second-order valence-electron chi connectivity index (χ2n) is 4.91. The van der Waals surface area contributed by atoms with Gasteiger partial charge in [-0.15, -0.1) is 0 Å². The molecule has 1 N–H and O–H groups in total. The van der Waals surface area contributed by atoms with Crippen molar-refractivity contribution in [2.24, 2.45) is 5.92 Å². The zero-order valence-electron chi connectivity index (χ0n) is 11.0. The Labute approximate surface area is 108 Å². The molecule has 1 unspecified atom stereocenters. The minimum atomic E-state index is 0.659. The molecule has 2 aromatic heterocycles. The molecule has 0 aliphatic heterocycles. The van der Waals surface area contributed by atoms with E-state index in [0.717, 1.165) is 13.0 Å². The van der Waals surface area contributed by atoms with Crippen LogP contribution in [0.1, 0.15) is 38.3 Å². The van der Waals surface area contributed by atoms with Gasteiger partial charge in [0.25, 0.3) is 0 Å². The quantitative estimate of drug-likeness (QED) is 0.728. The van der Waals surface area contributed by atoms with Gasteiger partial charge < -0.3 is 4.57 Å². The molecule has 0 spiro atoms. The number of imidazole rings is 1. The van der Waals surface area contributed by atoms with Crippen molar-refractivity contribution in [2.45, 2.75) is 45.6 Å². The lowest BCUT2D eigenvalue weighted by molar-refractivity contribution is 0.392. The first-order valence-electron chi connectivity index (χ1n) is 6.82. The topological polar surface area (TPSA) is 46.5 Å². The molecular formula is C14H22N4. The number of unbranched alkanes of at least 4 members (excludes halogenated alkanes) is 2. The highest BCUT2D eigenvalue weighted by molar-refractivity contribution is 4.98. The molecule has 2 aromatic rings. The summed E-state index contributed by atoms with van der Waals surface area (Å²) in [6.45, 7) is 3.29. The Morgan fingerprint density at radius 3 is 2.94 bits per heavy atom. The van der Waals surface area contributed by atoms with Crippen LogP contribution in [0.2, 0.25) is 0 Å². The number of aromatic amines is 1. The number of hydrogen-bond donors (Lipinski definition) is 1. The molecule has 0 fully saturated rings. The zero-order chi connectivity index (χ0) is 12.6. The average Bonchev–Trinajstić information content (AvgIpc) is 3.02. The van der Waals surface area contributed by atoms with Crippen molar-refractivity contribution in [3.8, 4) is 0 Å². The third kappa shape index (κ3) is 4.02. The number of rotatable bonds is 8. The maximum atomic E-state index is 4.11. The largest absolute Gasteiger partial charge is 0.337 e. The van der Waals surface area contributed by atoms with E-state index in [1.54, 1.807) is 0 Å². The lowest BCUT2D eigenvalue weighted by atomic mass is 9.96. The molecule has 0 radical (unpaired) electrons. The molecule has 0 amide bonds. The van der Waals surface area contributed by atoms with Crippen LogP contribution in [0, 0.1) is 5.92 Å². The van der Waals surface area contributed by atoms with Crippen LogP contribution in [-0.4, -0.2) is 19.7 Å². The maximum absolute atomic E-state index is 4.11. The Bertz CT molecular complexity index is 369. The van der Waals surface area contributed by atoms with Crippen molar-refractivity contribution in [3.05, 3.63) is 36.7 Å². The van der Waals surface area contributed by atoms with Crippen LogP contribution in [0.3, 0.4) is 0 Å². The third-order valence-corrected chi connectivity index (χ3v) is 3.31. The van der Waals surface area contributed by atoms with Crippen molar-refractivity contribution >= 4 is 0 Å². The van der Waals surface area contributed by atoms with E-state index >= 15 is 0 Å². The first-order valence-corrected chi connectivity index (χ1v) is 6.82. The standard InChI is InChI=1S/C14H22N4/c1-2-3-4-5-13(10-14-6-7-16-17-14)11-18-9-8-15-12-18/h6-9,12-13H,2-5,10-11H2,1H3,(H,16,17). The van der Waals surface area contributed by atoms with E-state index in [2.05, 4.69) is 32.7 Å². The number of aromatic nitrogens is 4. The van der Waals surface area contributed by atoms with Crippen molar-refractivity contribution in [1.82, 2.24) is 19.7 Å². The zero-order valence-corrected chi connectivity index (χ0v) is 11.0. The van der Waals surface area contributed by atoms with Crippen LogP contribution >= 0.6 is 0 Å². The molecule has 0 saturated heterocycles. The van der Waals surface area contributed by atoms with E-state index in [1.165, 1.54) is 31.4 Å². The Kier molecular flexibility index (Phi) is 5.00. The summed E-state index contributed by atoms with van der Waals surface area (Å²) in [7, 11) is 0. The van der Waals surface area contributed by atoms with Gasteiger partial charge in [0.1, 0.15) is 0 Å². The summed E-state index contributed by atoms with van der Waals surface area (Å²) < 4.78 is 2.17. The van der Waals surface area contributed by atoms with Crippen molar-refractivity contribution in [3.63, 3.8) is 0 Å². The van der Waals surface area contributed by atoms with Gasteiger partial charge in [0, 0.05) is 30.8 Å². The van der Waals surface area contributed by atoms with Gasteiger partial charge in [0.05, 0.1) is 6.33 Å². The summed E-state index contributed by atoms with van der Waals surface area (Å²) in [5.41, 5.74) is 1.23. The van der Waals surface area contributed by atoms with Gasteiger partial charge in [-0.3, -0.25) is 5.10 Å². The molecule has 4 nitrogen and oxygen atoms in total. The van der Waals surface area contributed by atoms with Gasteiger partial charge in [-0.25, -0.2) is 4.98 Å². The van der Waals surface area contributed by atoms with Crippen molar-refractivity contribution in [1.29, 1.82) is 0 Å². The fourth-order valence-electron chi connectivity index (χ4n) is 2.34. The van der Waals surface area contributed by atoms with Gasteiger partial charge in [0.15, 0.2) is 0 Å². The molecule has 0 saturated carbocycles. The van der Waals surface area contributed by atoms with E-state index in [1.807, 2.05) is 24.9 Å². The maximum Gasteiger partial charge on any atom is 0.0945 e. The van der Waals surface area contributed by atoms with Crippen molar-refractivity contribution in [2.75, 3.05) is 0 Å². The molecular weight excluding hydrogens is 224 g/mol. The molecule has 98 valence electrons. The predicted molar refractivity (Wildman–Crippen MR) is 72.2 cm³/mol. The van der Waals surface area contributed by atoms with Gasteiger partial charge in [-0.1, -0.05) is 26.2 Å². The number of H-pyrrole nitrogens is 1. The van der Waals surface area contributed by atoms with E-state index in [9.17, 15) is 0 Å². The van der Waals surface area contributed by atoms with Gasteiger partial charge in [-0.05, 0) is 24.8 Å².